The second-order valence-corrected chi connectivity index (χ2v) is 7.55. The van der Waals surface area contributed by atoms with Crippen LogP contribution in [0.15, 0.2) is 40.5 Å². The summed E-state index contributed by atoms with van der Waals surface area (Å²) in [5, 5.41) is 0.603. The number of thioether (sulfide) groups is 1. The Morgan fingerprint density at radius 3 is 2.71 bits per heavy atom. The topological polar surface area (TPSA) is 63.2 Å². The van der Waals surface area contributed by atoms with Gasteiger partial charge in [0.15, 0.2) is 5.16 Å². The van der Waals surface area contributed by atoms with E-state index in [4.69, 9.17) is 0 Å². The van der Waals surface area contributed by atoms with E-state index in [1.54, 1.807) is 0 Å². The molecular formula is C14H15N3O2S2. The lowest BCUT2D eigenvalue weighted by Crippen LogP contribution is -2.34. The van der Waals surface area contributed by atoms with Gasteiger partial charge in [-0.05, 0) is 18.7 Å². The highest BCUT2D eigenvalue weighted by molar-refractivity contribution is 7.99. The lowest BCUT2D eigenvalue weighted by atomic mass is 10.1. The van der Waals surface area contributed by atoms with Crippen LogP contribution in [0.5, 0.6) is 0 Å². The Balaban J connectivity index is 2.31. The summed E-state index contributed by atoms with van der Waals surface area (Å²) in [5.41, 5.74) is 2.02. The number of sulfonamides is 1. The van der Waals surface area contributed by atoms with Gasteiger partial charge in [0.25, 0.3) is 10.0 Å². The summed E-state index contributed by atoms with van der Waals surface area (Å²) in [6.07, 6.45) is 1.42. The number of anilines is 1. The average molecular weight is 321 g/mol. The predicted molar refractivity (Wildman–Crippen MR) is 84.1 cm³/mol. The van der Waals surface area contributed by atoms with Gasteiger partial charge in [0, 0.05) is 12.1 Å². The van der Waals surface area contributed by atoms with Crippen LogP contribution in [-0.4, -0.2) is 30.7 Å². The van der Waals surface area contributed by atoms with Crippen LogP contribution in [0.3, 0.4) is 0 Å². The van der Waals surface area contributed by atoms with Gasteiger partial charge < -0.3 is 0 Å². The van der Waals surface area contributed by atoms with E-state index in [0.29, 0.717) is 23.1 Å². The van der Waals surface area contributed by atoms with Crippen molar-refractivity contribution in [1.82, 2.24) is 9.97 Å². The van der Waals surface area contributed by atoms with Crippen LogP contribution in [0.25, 0.3) is 11.3 Å². The molecule has 0 N–H and O–H groups in total. The van der Waals surface area contributed by atoms with Gasteiger partial charge in [-0.15, -0.1) is 0 Å². The second kappa shape index (κ2) is 5.31. The minimum absolute atomic E-state index is 0.184. The maximum Gasteiger partial charge on any atom is 0.268 e. The SMILES string of the molecule is CCSc1ncc2c(n1)-c1ccccc1N(CC)S2(=O)=O. The molecule has 110 valence electrons. The molecule has 0 bridgehead atoms. The first-order valence-electron chi connectivity index (χ1n) is 6.71. The normalized spacial score (nSPS) is 15.4. The molecule has 0 unspecified atom stereocenters. The van der Waals surface area contributed by atoms with E-state index in [1.807, 2.05) is 38.1 Å². The predicted octanol–water partition coefficient (Wildman–Crippen LogP) is 2.78. The summed E-state index contributed by atoms with van der Waals surface area (Å²) in [7, 11) is -3.58. The second-order valence-electron chi connectivity index (χ2n) is 4.49. The quantitative estimate of drug-likeness (QED) is 0.642. The number of para-hydroxylation sites is 1. The summed E-state index contributed by atoms with van der Waals surface area (Å²) in [5.74, 6) is 0.842. The van der Waals surface area contributed by atoms with Gasteiger partial charge in [-0.1, -0.05) is 36.9 Å². The zero-order valence-corrected chi connectivity index (χ0v) is 13.4. The summed E-state index contributed by atoms with van der Waals surface area (Å²) in [6, 6.07) is 7.45. The third-order valence-electron chi connectivity index (χ3n) is 3.29. The van der Waals surface area contributed by atoms with Crippen molar-refractivity contribution in [2.45, 2.75) is 23.9 Å². The zero-order valence-electron chi connectivity index (χ0n) is 11.8. The Morgan fingerprint density at radius 2 is 2.00 bits per heavy atom. The van der Waals surface area contributed by atoms with Crippen molar-refractivity contribution in [3.05, 3.63) is 30.5 Å². The number of fused-ring (bicyclic) bond motifs is 3. The first kappa shape index (κ1) is 14.3. The summed E-state index contributed by atoms with van der Waals surface area (Å²) >= 11 is 1.50. The summed E-state index contributed by atoms with van der Waals surface area (Å²) in [4.78, 5) is 8.80. The molecular weight excluding hydrogens is 306 g/mol. The largest absolute Gasteiger partial charge is 0.268 e. The lowest BCUT2D eigenvalue weighted by molar-refractivity contribution is 0.589. The summed E-state index contributed by atoms with van der Waals surface area (Å²) < 4.78 is 26.8. The molecule has 0 saturated heterocycles. The van der Waals surface area contributed by atoms with Crippen molar-refractivity contribution in [3.63, 3.8) is 0 Å². The van der Waals surface area contributed by atoms with Crippen molar-refractivity contribution in [3.8, 4) is 11.3 Å². The van der Waals surface area contributed by atoms with Gasteiger partial charge in [-0.2, -0.15) is 0 Å². The molecule has 3 rings (SSSR count). The number of benzene rings is 1. The van der Waals surface area contributed by atoms with E-state index in [9.17, 15) is 8.42 Å². The Bertz CT molecular complexity index is 791. The van der Waals surface area contributed by atoms with Gasteiger partial charge >= 0.3 is 0 Å². The number of nitrogens with zero attached hydrogens (tertiary/aromatic N) is 3. The molecule has 5 nitrogen and oxygen atoms in total. The van der Waals surface area contributed by atoms with Crippen LogP contribution >= 0.6 is 11.8 Å². The molecule has 1 aromatic carbocycles. The van der Waals surface area contributed by atoms with Crippen molar-refractivity contribution >= 4 is 27.5 Å². The van der Waals surface area contributed by atoms with Crippen molar-refractivity contribution < 1.29 is 8.42 Å². The molecule has 0 aliphatic carbocycles. The molecule has 21 heavy (non-hydrogen) atoms. The monoisotopic (exact) mass is 321 g/mol. The van der Waals surface area contributed by atoms with E-state index < -0.39 is 10.0 Å². The molecule has 1 aromatic heterocycles. The molecule has 0 amide bonds. The molecule has 2 heterocycles. The maximum absolute atomic E-state index is 12.7. The third-order valence-corrected chi connectivity index (χ3v) is 5.92. The van der Waals surface area contributed by atoms with Gasteiger partial charge in [-0.3, -0.25) is 4.31 Å². The molecule has 0 saturated carbocycles. The number of rotatable bonds is 3. The van der Waals surface area contributed by atoms with Gasteiger partial charge in [-0.25, -0.2) is 18.4 Å². The fourth-order valence-electron chi connectivity index (χ4n) is 2.41. The third kappa shape index (κ3) is 2.20. The maximum atomic E-state index is 12.7. The molecule has 7 heteroatoms. The first-order valence-corrected chi connectivity index (χ1v) is 9.14. The van der Waals surface area contributed by atoms with Gasteiger partial charge in [0.1, 0.15) is 4.90 Å². The van der Waals surface area contributed by atoms with E-state index in [1.165, 1.54) is 22.3 Å². The zero-order chi connectivity index (χ0) is 15.0. The molecule has 0 fully saturated rings. The van der Waals surface area contributed by atoms with Crippen LogP contribution in [-0.2, 0) is 10.0 Å². The van der Waals surface area contributed by atoms with Crippen molar-refractivity contribution in [2.24, 2.45) is 0 Å². The average Bonchev–Trinajstić information content (AvgIpc) is 2.48. The van der Waals surface area contributed by atoms with Crippen LogP contribution in [0, 0.1) is 0 Å². The van der Waals surface area contributed by atoms with Crippen molar-refractivity contribution in [2.75, 3.05) is 16.6 Å². The van der Waals surface area contributed by atoms with E-state index >= 15 is 0 Å². The molecule has 1 aliphatic rings. The Hall–Kier alpha value is -1.60. The highest BCUT2D eigenvalue weighted by Gasteiger charge is 2.35. The van der Waals surface area contributed by atoms with Gasteiger partial charge in [0.05, 0.1) is 17.6 Å². The minimum atomic E-state index is -3.58. The number of hydrogen-bond donors (Lipinski definition) is 0. The highest BCUT2D eigenvalue weighted by Crippen LogP contribution is 2.41. The standard InChI is InChI=1S/C14H15N3O2S2/c1-3-17-11-8-6-5-7-10(11)13-12(21(17,18)19)9-15-14(16-13)20-4-2/h5-9H,3-4H2,1-2H3. The number of hydrogen-bond acceptors (Lipinski definition) is 5. The molecule has 0 radical (unpaired) electrons. The summed E-state index contributed by atoms with van der Waals surface area (Å²) in [6.45, 7) is 4.21. The van der Waals surface area contributed by atoms with E-state index in [0.717, 1.165) is 11.3 Å². The number of aromatic nitrogens is 2. The van der Waals surface area contributed by atoms with Gasteiger partial charge in [0.2, 0.25) is 0 Å². The Labute approximate surface area is 128 Å². The molecule has 1 aliphatic heterocycles. The first-order chi connectivity index (χ1) is 10.1. The van der Waals surface area contributed by atoms with Crippen LogP contribution in [0.1, 0.15) is 13.8 Å². The fraction of sp³-hybridized carbons (Fsp3) is 0.286. The van der Waals surface area contributed by atoms with Crippen LogP contribution in [0.4, 0.5) is 5.69 Å². The molecule has 0 atom stereocenters. The lowest BCUT2D eigenvalue weighted by Gasteiger charge is -2.30. The van der Waals surface area contributed by atoms with Crippen LogP contribution in [0.2, 0.25) is 0 Å². The van der Waals surface area contributed by atoms with E-state index in [2.05, 4.69) is 9.97 Å². The van der Waals surface area contributed by atoms with Crippen LogP contribution < -0.4 is 4.31 Å². The smallest absolute Gasteiger partial charge is 0.266 e. The Kier molecular flexibility index (Phi) is 3.62. The van der Waals surface area contributed by atoms with E-state index in [-0.39, 0.29) is 4.90 Å². The molecule has 2 aromatic rings. The highest BCUT2D eigenvalue weighted by atomic mass is 32.2. The fourth-order valence-corrected chi connectivity index (χ4v) is 4.54. The van der Waals surface area contributed by atoms with Crippen molar-refractivity contribution in [1.29, 1.82) is 0 Å². The minimum Gasteiger partial charge on any atom is -0.266 e. The Morgan fingerprint density at radius 1 is 1.24 bits per heavy atom. The molecule has 0 spiro atoms.